The third-order valence-corrected chi connectivity index (χ3v) is 3.33. The Kier molecular flexibility index (Phi) is 5.40. The molecular formula is C12H19N3O2S. The Labute approximate surface area is 111 Å². The summed E-state index contributed by atoms with van der Waals surface area (Å²) in [5.74, 6) is 0.00328. The molecule has 0 radical (unpaired) electrons. The van der Waals surface area contributed by atoms with Crippen molar-refractivity contribution in [2.24, 2.45) is 0 Å². The summed E-state index contributed by atoms with van der Waals surface area (Å²) in [5.41, 5.74) is 0.605. The van der Waals surface area contributed by atoms with Gasteiger partial charge in [-0.3, -0.25) is 9.59 Å². The van der Waals surface area contributed by atoms with Gasteiger partial charge in [0.1, 0.15) is 0 Å². The number of carbonyl (C=O) groups excluding carboxylic acids is 1. The zero-order valence-corrected chi connectivity index (χ0v) is 12.0. The maximum absolute atomic E-state index is 11.7. The lowest BCUT2D eigenvalue weighted by Gasteiger charge is -2.15. The molecule has 0 saturated carbocycles. The van der Waals surface area contributed by atoms with Gasteiger partial charge in [0.25, 0.3) is 5.56 Å². The van der Waals surface area contributed by atoms with Gasteiger partial charge in [0.15, 0.2) is 5.16 Å². The van der Waals surface area contributed by atoms with E-state index in [4.69, 9.17) is 0 Å². The van der Waals surface area contributed by atoms with Crippen molar-refractivity contribution in [3.63, 3.8) is 0 Å². The summed E-state index contributed by atoms with van der Waals surface area (Å²) >= 11 is 1.28. The van der Waals surface area contributed by atoms with E-state index in [9.17, 15) is 9.59 Å². The minimum atomic E-state index is -0.264. The van der Waals surface area contributed by atoms with Crippen molar-refractivity contribution in [3.05, 3.63) is 22.1 Å². The van der Waals surface area contributed by atoms with Crippen LogP contribution in [0.25, 0.3) is 0 Å². The second-order valence-corrected chi connectivity index (χ2v) is 5.61. The summed E-state index contributed by atoms with van der Waals surface area (Å²) in [4.78, 5) is 31.7. The van der Waals surface area contributed by atoms with E-state index in [2.05, 4.69) is 9.97 Å². The Hall–Kier alpha value is -1.30. The van der Waals surface area contributed by atoms with Crippen LogP contribution in [-0.4, -0.2) is 40.1 Å². The molecule has 0 aromatic carbocycles. The molecule has 1 unspecified atom stereocenters. The first-order chi connectivity index (χ1) is 8.43. The number of aryl methyl sites for hydroxylation is 1. The standard InChI is InChI=1S/C12H19N3O2S/c1-5-6-9-7-10(16)14-12(13-9)18-8(2)11(17)15(3)4/h7-8H,5-6H2,1-4H3,(H,13,14,16). The van der Waals surface area contributed by atoms with Crippen molar-refractivity contribution in [3.8, 4) is 0 Å². The van der Waals surface area contributed by atoms with Crippen LogP contribution >= 0.6 is 11.8 Å². The highest BCUT2D eigenvalue weighted by atomic mass is 32.2. The van der Waals surface area contributed by atoms with Crippen LogP contribution in [0.3, 0.4) is 0 Å². The Morgan fingerprint density at radius 1 is 1.56 bits per heavy atom. The number of amides is 1. The number of nitrogens with one attached hydrogen (secondary N) is 1. The lowest BCUT2D eigenvalue weighted by molar-refractivity contribution is -0.127. The number of carbonyl (C=O) groups is 1. The fraction of sp³-hybridized carbons (Fsp3) is 0.583. The molecule has 1 N–H and O–H groups in total. The van der Waals surface area contributed by atoms with E-state index in [1.807, 2.05) is 6.92 Å². The van der Waals surface area contributed by atoms with E-state index in [1.165, 1.54) is 22.7 Å². The first-order valence-electron chi connectivity index (χ1n) is 5.92. The van der Waals surface area contributed by atoms with Gasteiger partial charge in [-0.15, -0.1) is 0 Å². The summed E-state index contributed by atoms with van der Waals surface area (Å²) in [6, 6.07) is 1.51. The highest BCUT2D eigenvalue weighted by molar-refractivity contribution is 8.00. The van der Waals surface area contributed by atoms with E-state index in [0.717, 1.165) is 18.5 Å². The minimum absolute atomic E-state index is 0.00328. The van der Waals surface area contributed by atoms with E-state index in [0.29, 0.717) is 5.16 Å². The zero-order valence-electron chi connectivity index (χ0n) is 11.2. The average molecular weight is 269 g/mol. The molecular weight excluding hydrogens is 250 g/mol. The first-order valence-corrected chi connectivity index (χ1v) is 6.80. The zero-order chi connectivity index (χ0) is 13.7. The van der Waals surface area contributed by atoms with E-state index in [1.54, 1.807) is 21.0 Å². The van der Waals surface area contributed by atoms with Gasteiger partial charge < -0.3 is 9.88 Å². The van der Waals surface area contributed by atoms with Crippen LogP contribution in [-0.2, 0) is 11.2 Å². The SMILES string of the molecule is CCCc1cc(=O)[nH]c(SC(C)C(=O)N(C)C)n1. The molecule has 18 heavy (non-hydrogen) atoms. The van der Waals surface area contributed by atoms with E-state index < -0.39 is 0 Å². The Morgan fingerprint density at radius 3 is 2.78 bits per heavy atom. The molecule has 6 heteroatoms. The Morgan fingerprint density at radius 2 is 2.22 bits per heavy atom. The predicted octanol–water partition coefficient (Wildman–Crippen LogP) is 1.29. The molecule has 1 rings (SSSR count). The van der Waals surface area contributed by atoms with Gasteiger partial charge in [0.05, 0.1) is 5.25 Å². The molecule has 0 saturated heterocycles. The van der Waals surface area contributed by atoms with Crippen molar-refractivity contribution in [2.45, 2.75) is 37.1 Å². The lowest BCUT2D eigenvalue weighted by atomic mass is 10.2. The first kappa shape index (κ1) is 14.8. The van der Waals surface area contributed by atoms with Crippen LogP contribution in [0.5, 0.6) is 0 Å². The maximum atomic E-state index is 11.7. The van der Waals surface area contributed by atoms with Crippen molar-refractivity contribution < 1.29 is 4.79 Å². The van der Waals surface area contributed by atoms with Gasteiger partial charge in [0.2, 0.25) is 5.91 Å². The van der Waals surface area contributed by atoms with Crippen LogP contribution in [0.4, 0.5) is 0 Å². The number of hydrogen-bond acceptors (Lipinski definition) is 4. The summed E-state index contributed by atoms with van der Waals surface area (Å²) in [6.45, 7) is 3.84. The van der Waals surface area contributed by atoms with Crippen LogP contribution in [0.15, 0.2) is 16.0 Å². The summed E-state index contributed by atoms with van der Waals surface area (Å²) < 4.78 is 0. The number of rotatable bonds is 5. The van der Waals surface area contributed by atoms with E-state index >= 15 is 0 Å². The minimum Gasteiger partial charge on any atom is -0.348 e. The molecule has 0 aliphatic carbocycles. The normalized spacial score (nSPS) is 12.2. The number of nitrogens with zero attached hydrogens (tertiary/aromatic N) is 2. The summed E-state index contributed by atoms with van der Waals surface area (Å²) in [7, 11) is 3.42. The molecule has 0 bridgehead atoms. The quantitative estimate of drug-likeness (QED) is 0.646. The number of hydrogen-bond donors (Lipinski definition) is 1. The molecule has 0 aliphatic heterocycles. The molecule has 0 fully saturated rings. The molecule has 0 spiro atoms. The monoisotopic (exact) mass is 269 g/mol. The second-order valence-electron chi connectivity index (χ2n) is 4.28. The second kappa shape index (κ2) is 6.58. The lowest BCUT2D eigenvalue weighted by Crippen LogP contribution is -2.30. The maximum Gasteiger partial charge on any atom is 0.251 e. The predicted molar refractivity (Wildman–Crippen MR) is 72.9 cm³/mol. The fourth-order valence-electron chi connectivity index (χ4n) is 1.50. The van der Waals surface area contributed by atoms with Crippen LogP contribution < -0.4 is 5.56 Å². The van der Waals surface area contributed by atoms with Crippen molar-refractivity contribution >= 4 is 17.7 Å². The van der Waals surface area contributed by atoms with Crippen LogP contribution in [0.1, 0.15) is 26.0 Å². The molecule has 1 aromatic heterocycles. The van der Waals surface area contributed by atoms with Gasteiger partial charge in [-0.2, -0.15) is 0 Å². The number of H-pyrrole nitrogens is 1. The molecule has 1 aromatic rings. The van der Waals surface area contributed by atoms with Crippen molar-refractivity contribution in [2.75, 3.05) is 14.1 Å². The molecule has 5 nitrogen and oxygen atoms in total. The number of aromatic nitrogens is 2. The fourth-order valence-corrected chi connectivity index (χ4v) is 2.48. The van der Waals surface area contributed by atoms with Crippen LogP contribution in [0, 0.1) is 0 Å². The number of thioether (sulfide) groups is 1. The van der Waals surface area contributed by atoms with Gasteiger partial charge in [0, 0.05) is 25.9 Å². The third kappa shape index (κ3) is 4.18. The number of aromatic amines is 1. The third-order valence-electron chi connectivity index (χ3n) is 2.36. The highest BCUT2D eigenvalue weighted by Gasteiger charge is 2.17. The molecule has 1 amide bonds. The van der Waals surface area contributed by atoms with Gasteiger partial charge in [-0.05, 0) is 13.3 Å². The van der Waals surface area contributed by atoms with Crippen molar-refractivity contribution in [1.82, 2.24) is 14.9 Å². The summed E-state index contributed by atoms with van der Waals surface area (Å²) in [5, 5.41) is 0.244. The van der Waals surface area contributed by atoms with Gasteiger partial charge in [-0.1, -0.05) is 25.1 Å². The topological polar surface area (TPSA) is 66.1 Å². The highest BCUT2D eigenvalue weighted by Crippen LogP contribution is 2.19. The largest absolute Gasteiger partial charge is 0.348 e. The Bertz CT molecular complexity index is 471. The molecule has 0 aliphatic rings. The smallest absolute Gasteiger partial charge is 0.251 e. The van der Waals surface area contributed by atoms with Crippen molar-refractivity contribution in [1.29, 1.82) is 0 Å². The Balaban J connectivity index is 2.84. The molecule has 1 atom stereocenters. The summed E-state index contributed by atoms with van der Waals surface area (Å²) in [6.07, 6.45) is 1.71. The van der Waals surface area contributed by atoms with Gasteiger partial charge >= 0.3 is 0 Å². The molecule has 1 heterocycles. The van der Waals surface area contributed by atoms with Crippen LogP contribution in [0.2, 0.25) is 0 Å². The average Bonchev–Trinajstić information content (AvgIpc) is 2.27. The van der Waals surface area contributed by atoms with E-state index in [-0.39, 0.29) is 16.7 Å². The van der Waals surface area contributed by atoms with Gasteiger partial charge in [-0.25, -0.2) is 4.98 Å². The molecule has 100 valence electrons.